The average molecular weight is 242 g/mol. The van der Waals surface area contributed by atoms with Crippen molar-refractivity contribution in [2.75, 3.05) is 0 Å². The normalized spacial score (nSPS) is 11.3. The lowest BCUT2D eigenvalue weighted by Crippen LogP contribution is -1.99. The Morgan fingerprint density at radius 2 is 2.06 bits per heavy atom. The molecule has 3 rings (SSSR count). The van der Waals surface area contributed by atoms with Crippen molar-refractivity contribution in [3.8, 4) is 11.4 Å². The van der Waals surface area contributed by atoms with E-state index in [1.54, 1.807) is 12.5 Å². The lowest BCUT2D eigenvalue weighted by Gasteiger charge is -2.02. The van der Waals surface area contributed by atoms with Crippen LogP contribution in [0.3, 0.4) is 0 Å². The number of hydrogen-bond acceptors (Lipinski definition) is 4. The number of fused-ring (bicyclic) bond motifs is 1. The van der Waals surface area contributed by atoms with Gasteiger partial charge in [-0.2, -0.15) is 5.10 Å². The van der Waals surface area contributed by atoms with E-state index in [4.69, 9.17) is 0 Å². The van der Waals surface area contributed by atoms with Gasteiger partial charge in [0.2, 0.25) is 0 Å². The Labute approximate surface area is 104 Å². The van der Waals surface area contributed by atoms with Gasteiger partial charge in [-0.3, -0.25) is 4.68 Å². The van der Waals surface area contributed by atoms with Crippen LogP contribution in [0.4, 0.5) is 0 Å². The molecule has 0 atom stereocenters. The number of aromatic nitrogens is 6. The summed E-state index contributed by atoms with van der Waals surface area (Å²) in [5, 5.41) is 4.31. The summed E-state index contributed by atoms with van der Waals surface area (Å²) >= 11 is 0. The summed E-state index contributed by atoms with van der Waals surface area (Å²) in [6, 6.07) is 0. The van der Waals surface area contributed by atoms with Crippen LogP contribution in [0.25, 0.3) is 22.6 Å². The maximum Gasteiger partial charge on any atom is 0.165 e. The molecule has 6 nitrogen and oxygen atoms in total. The van der Waals surface area contributed by atoms with Crippen molar-refractivity contribution in [3.63, 3.8) is 0 Å². The van der Waals surface area contributed by atoms with Gasteiger partial charge < -0.3 is 4.57 Å². The average Bonchev–Trinajstić information content (AvgIpc) is 2.93. The van der Waals surface area contributed by atoms with E-state index in [1.807, 2.05) is 29.4 Å². The zero-order chi connectivity index (χ0) is 12.7. The SMILES string of the molecule is CCn1ncc(-c2ncc3ncn(C)c3n2)c1C. The minimum absolute atomic E-state index is 0.698. The summed E-state index contributed by atoms with van der Waals surface area (Å²) in [4.78, 5) is 13.1. The fourth-order valence-electron chi connectivity index (χ4n) is 2.04. The van der Waals surface area contributed by atoms with Gasteiger partial charge >= 0.3 is 0 Å². The predicted octanol–water partition coefficient (Wildman–Crippen LogP) is 1.56. The van der Waals surface area contributed by atoms with Crippen LogP contribution in [0.2, 0.25) is 0 Å². The van der Waals surface area contributed by atoms with Gasteiger partial charge in [-0.05, 0) is 13.8 Å². The van der Waals surface area contributed by atoms with Crippen molar-refractivity contribution in [2.24, 2.45) is 7.05 Å². The van der Waals surface area contributed by atoms with Crippen LogP contribution in [-0.4, -0.2) is 29.3 Å². The van der Waals surface area contributed by atoms with Crippen LogP contribution >= 0.6 is 0 Å². The van der Waals surface area contributed by atoms with Crippen LogP contribution in [-0.2, 0) is 13.6 Å². The van der Waals surface area contributed by atoms with Crippen molar-refractivity contribution >= 4 is 11.2 Å². The monoisotopic (exact) mass is 242 g/mol. The van der Waals surface area contributed by atoms with Crippen LogP contribution in [0, 0.1) is 6.92 Å². The van der Waals surface area contributed by atoms with Gasteiger partial charge in [-0.1, -0.05) is 0 Å². The maximum absolute atomic E-state index is 4.55. The van der Waals surface area contributed by atoms with Crippen LogP contribution in [0.15, 0.2) is 18.7 Å². The topological polar surface area (TPSA) is 61.4 Å². The van der Waals surface area contributed by atoms with Gasteiger partial charge in [0.25, 0.3) is 0 Å². The molecule has 0 radical (unpaired) electrons. The van der Waals surface area contributed by atoms with Crippen molar-refractivity contribution in [3.05, 3.63) is 24.4 Å². The molecule has 0 aromatic carbocycles. The summed E-state index contributed by atoms with van der Waals surface area (Å²) in [7, 11) is 1.93. The fourth-order valence-corrected chi connectivity index (χ4v) is 2.04. The molecule has 0 amide bonds. The summed E-state index contributed by atoms with van der Waals surface area (Å²) < 4.78 is 3.83. The molecule has 92 valence electrons. The Balaban J connectivity index is 2.18. The molecule has 6 heteroatoms. The van der Waals surface area contributed by atoms with Gasteiger partial charge in [0.15, 0.2) is 11.5 Å². The van der Waals surface area contributed by atoms with Gasteiger partial charge in [-0.15, -0.1) is 0 Å². The van der Waals surface area contributed by atoms with Gasteiger partial charge in [0.05, 0.1) is 24.3 Å². The van der Waals surface area contributed by atoms with E-state index in [1.165, 1.54) is 0 Å². The fraction of sp³-hybridized carbons (Fsp3) is 0.333. The van der Waals surface area contributed by atoms with E-state index in [9.17, 15) is 0 Å². The molecular weight excluding hydrogens is 228 g/mol. The third-order valence-electron chi connectivity index (χ3n) is 3.10. The first-order valence-corrected chi connectivity index (χ1v) is 5.87. The molecule has 0 bridgehead atoms. The molecule has 0 unspecified atom stereocenters. The molecular formula is C12H14N6. The van der Waals surface area contributed by atoms with E-state index in [0.29, 0.717) is 5.82 Å². The van der Waals surface area contributed by atoms with Gasteiger partial charge in [-0.25, -0.2) is 15.0 Å². The summed E-state index contributed by atoms with van der Waals surface area (Å²) in [6.45, 7) is 4.94. The van der Waals surface area contributed by atoms with Crippen LogP contribution in [0.5, 0.6) is 0 Å². The zero-order valence-corrected chi connectivity index (χ0v) is 10.6. The lowest BCUT2D eigenvalue weighted by molar-refractivity contribution is 0.640. The molecule has 18 heavy (non-hydrogen) atoms. The Morgan fingerprint density at radius 3 is 2.78 bits per heavy atom. The summed E-state index contributed by atoms with van der Waals surface area (Å²) in [6.07, 6.45) is 5.31. The van der Waals surface area contributed by atoms with Gasteiger partial charge in [0.1, 0.15) is 5.52 Å². The van der Waals surface area contributed by atoms with Gasteiger partial charge in [0, 0.05) is 19.3 Å². The molecule has 0 saturated carbocycles. The highest BCUT2D eigenvalue weighted by Crippen LogP contribution is 2.20. The summed E-state index contributed by atoms with van der Waals surface area (Å²) in [5.41, 5.74) is 3.70. The first-order valence-electron chi connectivity index (χ1n) is 5.87. The molecule has 0 aliphatic heterocycles. The zero-order valence-electron chi connectivity index (χ0n) is 10.6. The smallest absolute Gasteiger partial charge is 0.165 e. The highest BCUT2D eigenvalue weighted by Gasteiger charge is 2.12. The van der Waals surface area contributed by atoms with E-state index < -0.39 is 0 Å². The third kappa shape index (κ3) is 1.49. The highest BCUT2D eigenvalue weighted by atomic mass is 15.3. The van der Waals surface area contributed by atoms with E-state index in [-0.39, 0.29) is 0 Å². The standard InChI is InChI=1S/C12H14N6/c1-4-18-8(2)9(5-15-18)11-13-6-10-12(16-11)17(3)7-14-10/h5-7H,4H2,1-3H3. The van der Waals surface area contributed by atoms with E-state index >= 15 is 0 Å². The molecule has 0 saturated heterocycles. The predicted molar refractivity (Wildman–Crippen MR) is 67.9 cm³/mol. The second-order valence-electron chi connectivity index (χ2n) is 4.22. The maximum atomic E-state index is 4.55. The van der Waals surface area contributed by atoms with Crippen LogP contribution < -0.4 is 0 Å². The largest absolute Gasteiger partial charge is 0.318 e. The van der Waals surface area contributed by atoms with Crippen molar-refractivity contribution in [1.82, 2.24) is 29.3 Å². The minimum atomic E-state index is 0.698. The van der Waals surface area contributed by atoms with Crippen LogP contribution in [0.1, 0.15) is 12.6 Å². The van der Waals surface area contributed by atoms with E-state index in [2.05, 4.69) is 27.0 Å². The molecule has 0 spiro atoms. The lowest BCUT2D eigenvalue weighted by atomic mass is 10.2. The Morgan fingerprint density at radius 1 is 1.22 bits per heavy atom. The summed E-state index contributed by atoms with van der Waals surface area (Å²) in [5.74, 6) is 0.698. The molecule has 3 aromatic rings. The first kappa shape index (κ1) is 10.9. The Hall–Kier alpha value is -2.24. The number of nitrogens with zero attached hydrogens (tertiary/aromatic N) is 6. The number of aryl methyl sites for hydroxylation is 2. The molecule has 3 aromatic heterocycles. The molecule has 0 aliphatic rings. The minimum Gasteiger partial charge on any atom is -0.318 e. The third-order valence-corrected chi connectivity index (χ3v) is 3.10. The molecule has 0 aliphatic carbocycles. The van der Waals surface area contributed by atoms with Crippen molar-refractivity contribution in [1.29, 1.82) is 0 Å². The van der Waals surface area contributed by atoms with E-state index in [0.717, 1.165) is 29.0 Å². The molecule has 0 N–H and O–H groups in total. The molecule has 0 fully saturated rings. The highest BCUT2D eigenvalue weighted by molar-refractivity contribution is 5.72. The van der Waals surface area contributed by atoms with Crippen molar-refractivity contribution in [2.45, 2.75) is 20.4 Å². The second-order valence-corrected chi connectivity index (χ2v) is 4.22. The first-order chi connectivity index (χ1) is 8.70. The number of rotatable bonds is 2. The Kier molecular flexibility index (Phi) is 2.36. The second kappa shape index (κ2) is 3.90. The van der Waals surface area contributed by atoms with Crippen molar-refractivity contribution < 1.29 is 0 Å². The number of imidazole rings is 1. The Bertz CT molecular complexity index is 709. The number of hydrogen-bond donors (Lipinski definition) is 0. The molecule has 3 heterocycles. The quantitative estimate of drug-likeness (QED) is 0.684.